The third-order valence-electron chi connectivity index (χ3n) is 1.68. The van der Waals surface area contributed by atoms with Gasteiger partial charge in [0.25, 0.3) is 0 Å². The van der Waals surface area contributed by atoms with Crippen molar-refractivity contribution in [1.29, 1.82) is 0 Å². The van der Waals surface area contributed by atoms with E-state index in [1.54, 1.807) is 0 Å². The van der Waals surface area contributed by atoms with Gasteiger partial charge >= 0.3 is 45.6 Å². The first-order valence-corrected chi connectivity index (χ1v) is 6.36. The van der Waals surface area contributed by atoms with Crippen molar-refractivity contribution in [2.45, 2.75) is 0 Å². The monoisotopic (exact) mass is 405 g/mol. The predicted molar refractivity (Wildman–Crippen MR) is 60.2 cm³/mol. The van der Waals surface area contributed by atoms with Crippen LogP contribution in [0.3, 0.4) is 0 Å². The van der Waals surface area contributed by atoms with Gasteiger partial charge in [0.15, 0.2) is 7.14 Å². The fourth-order valence-corrected chi connectivity index (χ4v) is 3.35. The molecule has 0 fully saturated rings. The van der Waals surface area contributed by atoms with Crippen LogP contribution in [0, 0.1) is 7.14 Å². The Hall–Kier alpha value is -0.0118. The Bertz CT molecular complexity index is 321. The van der Waals surface area contributed by atoms with Crippen LogP contribution >= 0.6 is 0 Å². The first kappa shape index (κ1) is 12.1. The molecule has 0 heterocycles. The van der Waals surface area contributed by atoms with Crippen LogP contribution < -0.4 is 21.2 Å². The van der Waals surface area contributed by atoms with E-state index in [4.69, 9.17) is 0 Å². The fourth-order valence-electron chi connectivity index (χ4n) is 1.08. The van der Waals surface area contributed by atoms with Crippen LogP contribution in [0.25, 0.3) is 0 Å². The summed E-state index contributed by atoms with van der Waals surface area (Å²) in [5.41, 5.74) is 0. The molecule has 0 spiro atoms. The SMILES string of the molecule is [SbH3].c1ccc([I+]c2ccccc2)cc1. The summed E-state index contributed by atoms with van der Waals surface area (Å²) in [6.45, 7) is 0. The van der Waals surface area contributed by atoms with Crippen LogP contribution in [-0.2, 0) is 0 Å². The minimum atomic E-state index is 0. The molecule has 2 heteroatoms. The van der Waals surface area contributed by atoms with Gasteiger partial charge in [-0.15, -0.1) is 0 Å². The number of hydrogen-bond acceptors (Lipinski definition) is 0. The van der Waals surface area contributed by atoms with E-state index in [0.29, 0.717) is 0 Å². The summed E-state index contributed by atoms with van der Waals surface area (Å²) in [4.78, 5) is 0. The second-order valence-electron chi connectivity index (χ2n) is 2.69. The van der Waals surface area contributed by atoms with Crippen molar-refractivity contribution >= 4 is 24.4 Å². The van der Waals surface area contributed by atoms with Gasteiger partial charge < -0.3 is 0 Å². The van der Waals surface area contributed by atoms with Gasteiger partial charge in [0.1, 0.15) is 0 Å². The maximum Gasteiger partial charge on any atom is 0.357 e. The molecule has 0 aliphatic heterocycles. The summed E-state index contributed by atoms with van der Waals surface area (Å²) in [6.07, 6.45) is 0. The summed E-state index contributed by atoms with van der Waals surface area (Å²) in [6, 6.07) is 21.4. The van der Waals surface area contributed by atoms with Crippen LogP contribution in [0.4, 0.5) is 0 Å². The Kier molecular flexibility index (Phi) is 5.57. The third-order valence-corrected chi connectivity index (χ3v) is 4.37. The summed E-state index contributed by atoms with van der Waals surface area (Å²) >= 11 is 0.0287. The van der Waals surface area contributed by atoms with Gasteiger partial charge in [-0.05, 0) is 24.3 Å². The molecule has 72 valence electrons. The maximum atomic E-state index is 2.21. The van der Waals surface area contributed by atoms with E-state index in [-0.39, 0.29) is 45.6 Å². The van der Waals surface area contributed by atoms with Crippen LogP contribution in [-0.4, -0.2) is 24.4 Å². The zero-order valence-electron chi connectivity index (χ0n) is 7.86. The van der Waals surface area contributed by atoms with Crippen molar-refractivity contribution in [3.63, 3.8) is 0 Å². The van der Waals surface area contributed by atoms with E-state index in [9.17, 15) is 0 Å². The smallest absolute Gasteiger partial charge is 0.0619 e. The third kappa shape index (κ3) is 3.62. The molecular weight excluding hydrogens is 393 g/mol. The minimum absolute atomic E-state index is 0. The zero-order valence-corrected chi connectivity index (χ0v) is 14.1. The molecule has 0 radical (unpaired) electrons. The van der Waals surface area contributed by atoms with Crippen molar-refractivity contribution in [2.24, 2.45) is 0 Å². The van der Waals surface area contributed by atoms with E-state index >= 15 is 0 Å². The molecular formula is C12H13ISb+. The first-order chi connectivity index (χ1) is 6.45. The van der Waals surface area contributed by atoms with Crippen molar-refractivity contribution in [3.8, 4) is 0 Å². The Labute approximate surface area is 112 Å². The Morgan fingerprint density at radius 3 is 1.29 bits per heavy atom. The summed E-state index contributed by atoms with van der Waals surface area (Å²) in [5, 5.41) is 0. The molecule has 0 unspecified atom stereocenters. The summed E-state index contributed by atoms with van der Waals surface area (Å²) < 4.78 is 2.96. The van der Waals surface area contributed by atoms with Crippen molar-refractivity contribution in [1.82, 2.24) is 0 Å². The average molecular weight is 406 g/mol. The Morgan fingerprint density at radius 2 is 0.929 bits per heavy atom. The normalized spacial score (nSPS) is 9.14. The zero-order chi connectivity index (χ0) is 8.93. The molecule has 0 aliphatic rings. The fraction of sp³-hybridized carbons (Fsp3) is 0. The van der Waals surface area contributed by atoms with Gasteiger partial charge in [0.2, 0.25) is 0 Å². The van der Waals surface area contributed by atoms with Gasteiger partial charge in [-0.1, -0.05) is 36.4 Å². The number of halogens is 1. The van der Waals surface area contributed by atoms with E-state index in [1.165, 1.54) is 7.14 Å². The topological polar surface area (TPSA) is 0 Å². The van der Waals surface area contributed by atoms with Crippen LogP contribution in [0.1, 0.15) is 0 Å². The first-order valence-electron chi connectivity index (χ1n) is 4.20. The summed E-state index contributed by atoms with van der Waals surface area (Å²) in [7, 11) is 0. The van der Waals surface area contributed by atoms with E-state index in [0.717, 1.165) is 0 Å². The molecule has 0 atom stereocenters. The maximum absolute atomic E-state index is 2.21. The molecule has 2 aromatic rings. The van der Waals surface area contributed by atoms with E-state index in [1.807, 2.05) is 0 Å². The largest absolute Gasteiger partial charge is 0.357 e. The van der Waals surface area contributed by atoms with E-state index in [2.05, 4.69) is 60.7 Å². The van der Waals surface area contributed by atoms with Gasteiger partial charge in [-0.2, -0.15) is 0 Å². The number of benzene rings is 2. The van der Waals surface area contributed by atoms with Crippen molar-refractivity contribution < 1.29 is 21.2 Å². The molecule has 0 nitrogen and oxygen atoms in total. The molecule has 0 bridgehead atoms. The molecule has 2 aromatic carbocycles. The van der Waals surface area contributed by atoms with Crippen molar-refractivity contribution in [3.05, 3.63) is 67.8 Å². The molecule has 0 amide bonds. The standard InChI is InChI=1S/C12H10I.Sb.3H/c1-3-7-11(8-4-1)13-12-9-5-2-6-10-12;;;;/h1-10H;;;;/q+1;;;;. The number of hydrogen-bond donors (Lipinski definition) is 0. The second kappa shape index (κ2) is 6.47. The van der Waals surface area contributed by atoms with Crippen LogP contribution in [0.15, 0.2) is 60.7 Å². The molecule has 0 aliphatic carbocycles. The Morgan fingerprint density at radius 1 is 0.571 bits per heavy atom. The molecule has 0 N–H and O–H groups in total. The van der Waals surface area contributed by atoms with E-state index < -0.39 is 0 Å². The Balaban J connectivity index is 0.000000980. The van der Waals surface area contributed by atoms with Crippen LogP contribution in [0.2, 0.25) is 0 Å². The van der Waals surface area contributed by atoms with Crippen molar-refractivity contribution in [2.75, 3.05) is 0 Å². The molecule has 0 aromatic heterocycles. The van der Waals surface area contributed by atoms with Crippen LogP contribution in [0.5, 0.6) is 0 Å². The van der Waals surface area contributed by atoms with Gasteiger partial charge in [-0.3, -0.25) is 0 Å². The summed E-state index contributed by atoms with van der Waals surface area (Å²) in [5.74, 6) is 0. The molecule has 0 saturated carbocycles. The molecule has 0 saturated heterocycles. The molecule has 14 heavy (non-hydrogen) atoms. The average Bonchev–Trinajstić information content (AvgIpc) is 2.21. The quantitative estimate of drug-likeness (QED) is 0.427. The second-order valence-corrected chi connectivity index (χ2v) is 5.72. The predicted octanol–water partition coefficient (Wildman–Crippen LogP) is -1.37. The van der Waals surface area contributed by atoms with Gasteiger partial charge in [0.05, 0.1) is 0 Å². The minimum Gasteiger partial charge on any atom is -0.0619 e. The number of rotatable bonds is 2. The molecule has 2 rings (SSSR count). The van der Waals surface area contributed by atoms with Gasteiger partial charge in [0, 0.05) is 0 Å². The van der Waals surface area contributed by atoms with Gasteiger partial charge in [-0.25, -0.2) is 0 Å².